The zero-order chi connectivity index (χ0) is 8.20. The van der Waals surface area contributed by atoms with Crippen LogP contribution >= 0.6 is 15.3 Å². The van der Waals surface area contributed by atoms with Crippen molar-refractivity contribution in [3.05, 3.63) is 0 Å². The Kier molecular flexibility index (Phi) is 4.87. The zero-order valence-electron chi connectivity index (χ0n) is 7.58. The molecule has 10 heavy (non-hydrogen) atoms. The van der Waals surface area contributed by atoms with Crippen molar-refractivity contribution in [2.45, 2.75) is 51.6 Å². The van der Waals surface area contributed by atoms with E-state index in [1.807, 2.05) is 0 Å². The van der Waals surface area contributed by atoms with Crippen molar-refractivity contribution in [3.63, 3.8) is 0 Å². The van der Waals surface area contributed by atoms with Gasteiger partial charge in [-0.2, -0.15) is 0 Å². The molecule has 0 aliphatic carbocycles. The predicted octanol–water partition coefficient (Wildman–Crippen LogP) is 3.71. The first-order chi connectivity index (χ1) is 4.48. The molecule has 0 aliphatic heterocycles. The topological polar surface area (TPSA) is 0 Å². The van der Waals surface area contributed by atoms with Crippen molar-refractivity contribution in [1.29, 1.82) is 0 Å². The van der Waals surface area contributed by atoms with Crippen molar-refractivity contribution < 1.29 is 0 Å². The third-order valence-electron chi connectivity index (χ3n) is 1.75. The number of halogens is 1. The summed E-state index contributed by atoms with van der Waals surface area (Å²) in [7, 11) is -0.596. The molecule has 0 saturated carbocycles. The number of hydrogen-bond donors (Lipinski definition) is 0. The first-order valence-corrected chi connectivity index (χ1v) is 8.70. The van der Waals surface area contributed by atoms with E-state index < -0.39 is 7.42 Å². The smallest absolute Gasteiger partial charge is 0.120 e. The van der Waals surface area contributed by atoms with Gasteiger partial charge in [0.1, 0.15) is 7.42 Å². The summed E-state index contributed by atoms with van der Waals surface area (Å²) < 4.78 is 0. The van der Waals surface area contributed by atoms with E-state index in [1.54, 1.807) is 0 Å². The van der Waals surface area contributed by atoms with Gasteiger partial charge in [-0.25, -0.2) is 0 Å². The summed E-state index contributed by atoms with van der Waals surface area (Å²) in [6.45, 7) is 9.29. The average molecular weight is 223 g/mol. The van der Waals surface area contributed by atoms with E-state index >= 15 is 0 Å². The molecule has 0 spiro atoms. The minimum Gasteiger partial charge on any atom is -0.130 e. The van der Waals surface area contributed by atoms with Crippen LogP contribution in [0.25, 0.3) is 0 Å². The lowest BCUT2D eigenvalue weighted by Gasteiger charge is -2.23. The van der Waals surface area contributed by atoms with Crippen LogP contribution in [0.3, 0.4) is 0 Å². The summed E-state index contributed by atoms with van der Waals surface area (Å²) in [5.41, 5.74) is 0. The van der Waals surface area contributed by atoms with Gasteiger partial charge in [0.05, 0.1) is 0 Å². The second kappa shape index (κ2) is 4.55. The third-order valence-corrected chi connectivity index (χ3v) is 10.0. The Bertz CT molecular complexity index is 85.7. The molecule has 0 bridgehead atoms. The Morgan fingerprint density at radius 2 is 1.80 bits per heavy atom. The van der Waals surface area contributed by atoms with Crippen LogP contribution in [0.15, 0.2) is 0 Å². The second-order valence-electron chi connectivity index (χ2n) is 3.98. The molecule has 0 nitrogen and oxygen atoms in total. The van der Waals surface area contributed by atoms with Gasteiger partial charge in [0.25, 0.3) is 0 Å². The largest absolute Gasteiger partial charge is 0.130 e. The van der Waals surface area contributed by atoms with Crippen molar-refractivity contribution in [1.82, 2.24) is 0 Å². The first-order valence-electron chi connectivity index (χ1n) is 4.12. The molecule has 0 radical (unpaired) electrons. The van der Waals surface area contributed by atoms with Crippen molar-refractivity contribution in [3.8, 4) is 0 Å². The highest BCUT2D eigenvalue weighted by Crippen LogP contribution is 2.33. The highest BCUT2D eigenvalue weighted by atomic mass is 79.9. The number of rotatable bonds is 3. The summed E-state index contributed by atoms with van der Waals surface area (Å²) in [5.74, 6) is 0. The first kappa shape index (κ1) is 10.7. The van der Waals surface area contributed by atoms with Crippen molar-refractivity contribution in [2.75, 3.05) is 0 Å². The van der Waals surface area contributed by atoms with Crippen LogP contribution in [0.1, 0.15) is 40.5 Å². The highest BCUT2D eigenvalue weighted by Gasteiger charge is 2.22. The summed E-state index contributed by atoms with van der Waals surface area (Å²) in [6.07, 6.45) is 2.74. The van der Waals surface area contributed by atoms with Crippen LogP contribution in [0.2, 0.25) is 11.1 Å². The Balaban J connectivity index is 3.52. The Hall–Kier alpha value is 0.697. The molecule has 0 aromatic carbocycles. The van der Waals surface area contributed by atoms with Crippen LogP contribution < -0.4 is 0 Å². The fourth-order valence-corrected chi connectivity index (χ4v) is 3.42. The Morgan fingerprint density at radius 3 is 2.10 bits per heavy atom. The van der Waals surface area contributed by atoms with E-state index in [4.69, 9.17) is 0 Å². The predicted molar refractivity (Wildman–Crippen MR) is 55.5 cm³/mol. The minimum atomic E-state index is -0.596. The molecule has 0 aromatic heterocycles. The molecule has 2 heteroatoms. The molecular weight excluding hydrogens is 204 g/mol. The molecule has 0 fully saturated rings. The summed E-state index contributed by atoms with van der Waals surface area (Å²) in [4.78, 5) is 0. The van der Waals surface area contributed by atoms with E-state index in [-0.39, 0.29) is 0 Å². The molecular formula is C8H19BrSi. The molecule has 0 aliphatic rings. The summed E-state index contributed by atoms with van der Waals surface area (Å²) in [6, 6.07) is 1.44. The van der Waals surface area contributed by atoms with E-state index in [2.05, 4.69) is 43.0 Å². The van der Waals surface area contributed by atoms with Gasteiger partial charge in [0.2, 0.25) is 0 Å². The summed E-state index contributed by atoms with van der Waals surface area (Å²) in [5, 5.41) is 0.565. The second-order valence-corrected chi connectivity index (χ2v) is 10.5. The fourth-order valence-electron chi connectivity index (χ4n) is 0.816. The van der Waals surface area contributed by atoms with E-state index in [9.17, 15) is 0 Å². The average Bonchev–Trinajstić information content (AvgIpc) is 1.80. The van der Waals surface area contributed by atoms with Gasteiger partial charge < -0.3 is 0 Å². The van der Waals surface area contributed by atoms with Gasteiger partial charge in [0.15, 0.2) is 0 Å². The maximum Gasteiger partial charge on any atom is 0.120 e. The molecule has 0 aromatic rings. The molecule has 0 rings (SSSR count). The maximum absolute atomic E-state index is 3.84. The van der Waals surface area contributed by atoms with Gasteiger partial charge in [-0.05, 0) is 11.1 Å². The standard InChI is InChI=1S/C8H19BrSi/c1-5-6-7-10(9)8(2,3)4/h10H,5-7H2,1-4H3. The molecule has 0 heterocycles. The molecule has 1 atom stereocenters. The van der Waals surface area contributed by atoms with Gasteiger partial charge in [-0.3, -0.25) is 0 Å². The normalized spacial score (nSPS) is 15.3. The van der Waals surface area contributed by atoms with Crippen LogP contribution in [0.4, 0.5) is 0 Å². The molecule has 62 valence electrons. The molecule has 0 amide bonds. The monoisotopic (exact) mass is 222 g/mol. The van der Waals surface area contributed by atoms with Crippen LogP contribution in [0.5, 0.6) is 0 Å². The van der Waals surface area contributed by atoms with Crippen LogP contribution in [-0.4, -0.2) is 7.42 Å². The van der Waals surface area contributed by atoms with Gasteiger partial charge in [0, 0.05) is 0 Å². The van der Waals surface area contributed by atoms with E-state index in [0.29, 0.717) is 5.04 Å². The molecule has 0 saturated heterocycles. The molecule has 0 N–H and O–H groups in total. The van der Waals surface area contributed by atoms with Crippen LogP contribution in [-0.2, 0) is 0 Å². The quantitative estimate of drug-likeness (QED) is 0.505. The van der Waals surface area contributed by atoms with Crippen molar-refractivity contribution >= 4 is 22.7 Å². The highest BCUT2D eigenvalue weighted by molar-refractivity contribution is 9.24. The van der Waals surface area contributed by atoms with E-state index in [0.717, 1.165) is 0 Å². The van der Waals surface area contributed by atoms with Crippen LogP contribution in [0, 0.1) is 0 Å². The maximum atomic E-state index is 3.84. The van der Waals surface area contributed by atoms with Crippen molar-refractivity contribution in [2.24, 2.45) is 0 Å². The zero-order valence-corrected chi connectivity index (χ0v) is 10.3. The fraction of sp³-hybridized carbons (Fsp3) is 1.00. The van der Waals surface area contributed by atoms with Gasteiger partial charge >= 0.3 is 0 Å². The lowest BCUT2D eigenvalue weighted by Crippen LogP contribution is -2.17. The number of unbranched alkanes of at least 4 members (excludes halogenated alkanes) is 1. The lowest BCUT2D eigenvalue weighted by molar-refractivity contribution is 0.735. The van der Waals surface area contributed by atoms with Gasteiger partial charge in [-0.1, -0.05) is 40.5 Å². The third kappa shape index (κ3) is 4.50. The Morgan fingerprint density at radius 1 is 1.30 bits per heavy atom. The minimum absolute atomic E-state index is 0.565. The summed E-state index contributed by atoms with van der Waals surface area (Å²) >= 11 is 3.84. The van der Waals surface area contributed by atoms with Gasteiger partial charge in [-0.15, -0.1) is 15.3 Å². The lowest BCUT2D eigenvalue weighted by atomic mass is 10.2. The number of hydrogen-bond acceptors (Lipinski definition) is 0. The Labute approximate surface area is 74.6 Å². The van der Waals surface area contributed by atoms with E-state index in [1.165, 1.54) is 18.9 Å². The SMILES string of the molecule is CCCC[SiH](Br)C(C)(C)C. The molecule has 1 unspecified atom stereocenters.